The molecule has 3 N–H and O–H groups in total. The fourth-order valence-corrected chi connectivity index (χ4v) is 5.18. The Morgan fingerprint density at radius 3 is 2.69 bits per heavy atom. The van der Waals surface area contributed by atoms with Crippen molar-refractivity contribution >= 4 is 34.9 Å². The Kier molecular flexibility index (Phi) is 7.43. The molecule has 36 heavy (non-hydrogen) atoms. The molecular formula is C26H26FN5O3S. The minimum atomic E-state index is -0.403. The van der Waals surface area contributed by atoms with Gasteiger partial charge in [0.1, 0.15) is 5.82 Å². The molecule has 1 aromatic carbocycles. The number of hydrogen-bond donors (Lipinski definition) is 3. The smallest absolute Gasteiger partial charge is 0.290 e. The monoisotopic (exact) mass is 507 g/mol. The lowest BCUT2D eigenvalue weighted by Crippen LogP contribution is -2.38. The van der Waals surface area contributed by atoms with Gasteiger partial charge in [0.25, 0.3) is 11.1 Å². The Balaban J connectivity index is 1.08. The third kappa shape index (κ3) is 6.19. The second-order valence-electron chi connectivity index (χ2n) is 8.91. The predicted molar refractivity (Wildman–Crippen MR) is 137 cm³/mol. The summed E-state index contributed by atoms with van der Waals surface area (Å²) in [5.41, 5.74) is 3.23. The number of furan rings is 1. The van der Waals surface area contributed by atoms with Crippen LogP contribution in [0.15, 0.2) is 58.4 Å². The van der Waals surface area contributed by atoms with Gasteiger partial charge in [0.05, 0.1) is 23.1 Å². The van der Waals surface area contributed by atoms with E-state index in [9.17, 15) is 14.0 Å². The van der Waals surface area contributed by atoms with Crippen LogP contribution in [0.5, 0.6) is 0 Å². The van der Waals surface area contributed by atoms with Crippen molar-refractivity contribution < 1.29 is 18.4 Å². The first kappa shape index (κ1) is 24.2. The minimum Gasteiger partial charge on any atom is -0.472 e. The van der Waals surface area contributed by atoms with Crippen molar-refractivity contribution in [2.75, 3.05) is 11.9 Å². The van der Waals surface area contributed by atoms with Crippen LogP contribution in [-0.4, -0.2) is 39.7 Å². The van der Waals surface area contributed by atoms with E-state index in [2.05, 4.69) is 25.9 Å². The topological polar surface area (TPSA) is 109 Å². The number of carbonyl (C=O) groups is 2. The van der Waals surface area contributed by atoms with Crippen LogP contribution < -0.4 is 16.0 Å². The summed E-state index contributed by atoms with van der Waals surface area (Å²) >= 11 is 0.867. The number of amides is 2. The van der Waals surface area contributed by atoms with Crippen molar-refractivity contribution in [2.45, 2.75) is 44.2 Å². The molecule has 0 bridgehead atoms. The van der Waals surface area contributed by atoms with E-state index in [-0.39, 0.29) is 17.1 Å². The first-order chi connectivity index (χ1) is 17.5. The Morgan fingerprint density at radius 2 is 1.94 bits per heavy atom. The normalized spacial score (nSPS) is 21.1. The lowest BCUT2D eigenvalue weighted by Gasteiger charge is -2.29. The van der Waals surface area contributed by atoms with Crippen molar-refractivity contribution in [2.24, 2.45) is 0 Å². The molecule has 1 saturated carbocycles. The second kappa shape index (κ2) is 11.0. The van der Waals surface area contributed by atoms with Crippen molar-refractivity contribution in [3.05, 3.63) is 71.0 Å². The van der Waals surface area contributed by atoms with Gasteiger partial charge in [-0.2, -0.15) is 0 Å². The van der Waals surface area contributed by atoms with E-state index < -0.39 is 5.91 Å². The summed E-state index contributed by atoms with van der Waals surface area (Å²) in [6.45, 7) is 0.783. The van der Waals surface area contributed by atoms with Crippen LogP contribution in [0.1, 0.15) is 36.9 Å². The molecule has 0 spiro atoms. The highest BCUT2D eigenvalue weighted by Gasteiger charge is 2.25. The number of aromatic nitrogens is 2. The summed E-state index contributed by atoms with van der Waals surface area (Å²) < 4.78 is 19.2. The highest BCUT2D eigenvalue weighted by atomic mass is 32.2. The van der Waals surface area contributed by atoms with Crippen LogP contribution in [0.3, 0.4) is 0 Å². The van der Waals surface area contributed by atoms with Crippen molar-refractivity contribution in [1.82, 2.24) is 20.6 Å². The average Bonchev–Trinajstić information content (AvgIpc) is 3.50. The first-order valence-corrected chi connectivity index (χ1v) is 12.7. The Labute approximate surface area is 212 Å². The van der Waals surface area contributed by atoms with Gasteiger partial charge in [-0.25, -0.2) is 14.4 Å². The summed E-state index contributed by atoms with van der Waals surface area (Å²) in [6.07, 6.45) is 11.2. The minimum absolute atomic E-state index is 0.239. The number of thioether (sulfide) groups is 1. The van der Waals surface area contributed by atoms with E-state index in [1.54, 1.807) is 36.9 Å². The standard InChI is InChI=1S/C26H26FN5O3S/c27-19-12-16(11-18(13-19)17-7-10-35-15-17)5-8-28-20-1-3-21(4-2-20)30-25-29-9-6-22(31-25)14-23-24(33)32-26(34)36-23/h6-7,9-15,20-21,28H,1-5,8H2,(H,29,30,31)(H,32,33,34)/b23-14-/t20-,21-. The van der Waals surface area contributed by atoms with Crippen LogP contribution in [0.4, 0.5) is 15.1 Å². The van der Waals surface area contributed by atoms with E-state index in [4.69, 9.17) is 4.42 Å². The van der Waals surface area contributed by atoms with E-state index in [0.717, 1.165) is 67.1 Å². The molecule has 5 rings (SSSR count). The zero-order valence-corrected chi connectivity index (χ0v) is 20.3. The molecule has 1 aliphatic heterocycles. The number of nitrogens with zero attached hydrogens (tertiary/aromatic N) is 2. The molecule has 3 aromatic rings. The molecule has 1 aliphatic carbocycles. The molecule has 1 saturated heterocycles. The zero-order valence-electron chi connectivity index (χ0n) is 19.5. The SMILES string of the molecule is O=C1NC(=O)/C(=C/c2ccnc(N[C@H]3CC[C@H](NCCc4cc(F)cc(-c5ccoc5)c4)CC3)n2)S1. The Bertz CT molecular complexity index is 1270. The number of benzene rings is 1. The van der Waals surface area contributed by atoms with Crippen molar-refractivity contribution in [1.29, 1.82) is 0 Å². The second-order valence-corrected chi connectivity index (χ2v) is 9.93. The van der Waals surface area contributed by atoms with Gasteiger partial charge in [0.2, 0.25) is 5.95 Å². The summed E-state index contributed by atoms with van der Waals surface area (Å²) in [7, 11) is 0. The van der Waals surface area contributed by atoms with Gasteiger partial charge in [0.15, 0.2) is 0 Å². The van der Waals surface area contributed by atoms with Gasteiger partial charge in [0, 0.05) is 23.8 Å². The molecular weight excluding hydrogens is 481 g/mol. The van der Waals surface area contributed by atoms with Crippen LogP contribution in [0, 0.1) is 5.82 Å². The summed E-state index contributed by atoms with van der Waals surface area (Å²) in [5.74, 6) is -0.133. The number of imide groups is 1. The van der Waals surface area contributed by atoms with Gasteiger partial charge in [-0.1, -0.05) is 6.07 Å². The maximum atomic E-state index is 14.1. The number of hydrogen-bond acceptors (Lipinski definition) is 8. The molecule has 0 radical (unpaired) electrons. The summed E-state index contributed by atoms with van der Waals surface area (Å²) in [4.78, 5) is 32.2. The van der Waals surface area contributed by atoms with Crippen molar-refractivity contribution in [3.63, 3.8) is 0 Å². The lowest BCUT2D eigenvalue weighted by atomic mass is 9.91. The molecule has 2 aliphatic rings. The third-order valence-electron chi connectivity index (χ3n) is 6.32. The number of nitrogens with one attached hydrogen (secondary N) is 3. The van der Waals surface area contributed by atoms with Gasteiger partial charge in [-0.05, 0) is 91.9 Å². The number of rotatable bonds is 8. The molecule has 3 heterocycles. The number of carbonyl (C=O) groups excluding carboxylic acids is 2. The molecule has 2 aromatic heterocycles. The van der Waals surface area contributed by atoms with Crippen molar-refractivity contribution in [3.8, 4) is 11.1 Å². The van der Waals surface area contributed by atoms with E-state index >= 15 is 0 Å². The Hall–Kier alpha value is -3.50. The third-order valence-corrected chi connectivity index (χ3v) is 7.13. The molecule has 2 fully saturated rings. The molecule has 10 heteroatoms. The van der Waals surface area contributed by atoms with Gasteiger partial charge >= 0.3 is 0 Å². The highest BCUT2D eigenvalue weighted by Crippen LogP contribution is 2.26. The van der Waals surface area contributed by atoms with Crippen LogP contribution in [0.2, 0.25) is 0 Å². The van der Waals surface area contributed by atoms with E-state index in [1.807, 2.05) is 12.1 Å². The average molecular weight is 508 g/mol. The zero-order chi connectivity index (χ0) is 24.9. The van der Waals surface area contributed by atoms with Crippen LogP contribution in [-0.2, 0) is 11.2 Å². The van der Waals surface area contributed by atoms with E-state index in [0.29, 0.717) is 22.6 Å². The van der Waals surface area contributed by atoms with Crippen LogP contribution in [0.25, 0.3) is 17.2 Å². The molecule has 0 unspecified atom stereocenters. The van der Waals surface area contributed by atoms with Crippen LogP contribution >= 0.6 is 11.8 Å². The maximum Gasteiger partial charge on any atom is 0.290 e. The van der Waals surface area contributed by atoms with E-state index in [1.165, 1.54) is 6.07 Å². The summed E-state index contributed by atoms with van der Waals surface area (Å²) in [5, 5.41) is 8.86. The molecule has 0 atom stereocenters. The highest BCUT2D eigenvalue weighted by molar-refractivity contribution is 8.18. The first-order valence-electron chi connectivity index (χ1n) is 11.9. The lowest BCUT2D eigenvalue weighted by molar-refractivity contribution is -0.115. The Morgan fingerprint density at radius 1 is 1.11 bits per heavy atom. The van der Waals surface area contributed by atoms with Gasteiger partial charge < -0.3 is 15.1 Å². The molecule has 186 valence electrons. The molecule has 2 amide bonds. The van der Waals surface area contributed by atoms with Gasteiger partial charge in [-0.15, -0.1) is 0 Å². The molecule has 8 nitrogen and oxygen atoms in total. The maximum absolute atomic E-state index is 14.1. The fourth-order valence-electron chi connectivity index (χ4n) is 4.51. The quantitative estimate of drug-likeness (QED) is 0.375. The number of halogens is 1. The summed E-state index contributed by atoms with van der Waals surface area (Å²) in [6, 6.07) is 9.33. The predicted octanol–water partition coefficient (Wildman–Crippen LogP) is 4.76. The largest absolute Gasteiger partial charge is 0.472 e. The fraction of sp³-hybridized carbons (Fsp3) is 0.308. The number of anilines is 1. The van der Waals surface area contributed by atoms with Gasteiger partial charge in [-0.3, -0.25) is 14.9 Å².